The Balaban J connectivity index is 2.34. The van der Waals surface area contributed by atoms with E-state index in [9.17, 15) is 4.79 Å². The van der Waals surface area contributed by atoms with Gasteiger partial charge >= 0.3 is 5.97 Å². The van der Waals surface area contributed by atoms with Gasteiger partial charge in [0.2, 0.25) is 0 Å². The van der Waals surface area contributed by atoms with Crippen LogP contribution in [0.5, 0.6) is 0 Å². The minimum absolute atomic E-state index is 0.240. The van der Waals surface area contributed by atoms with E-state index in [-0.39, 0.29) is 5.97 Å². The summed E-state index contributed by atoms with van der Waals surface area (Å²) in [6, 6.07) is 3.61. The maximum absolute atomic E-state index is 12.3. The number of fused-ring (bicyclic) bond motifs is 1. The number of benzene rings is 1. The quantitative estimate of drug-likeness (QED) is 0.793. The summed E-state index contributed by atoms with van der Waals surface area (Å²) in [6.07, 6.45) is 0.627. The fraction of sp³-hybridized carbons (Fsp3) is 0.562. The van der Waals surface area contributed by atoms with Crippen LogP contribution < -0.4 is 0 Å². The average Bonchev–Trinajstić information content (AvgIpc) is 2.81. The molecule has 1 heterocycles. The Morgan fingerprint density at radius 2 is 1.95 bits per heavy atom. The summed E-state index contributed by atoms with van der Waals surface area (Å²) in [6.45, 7) is 10.5. The van der Waals surface area contributed by atoms with Gasteiger partial charge in [0.1, 0.15) is 5.52 Å². The van der Waals surface area contributed by atoms with Crippen molar-refractivity contribution in [3.05, 3.63) is 23.3 Å². The number of esters is 1. The normalized spacial score (nSPS) is 12.9. The Morgan fingerprint density at radius 1 is 1.29 bits per heavy atom. The molecular formula is C16H23N3O2. The summed E-state index contributed by atoms with van der Waals surface area (Å²) in [5.41, 5.74) is 4.03. The average molecular weight is 289 g/mol. The van der Waals surface area contributed by atoms with Crippen LogP contribution in [0.2, 0.25) is 0 Å². The third-order valence-electron chi connectivity index (χ3n) is 3.60. The Kier molecular flexibility index (Phi) is 4.60. The van der Waals surface area contributed by atoms with Crippen LogP contribution in [0.25, 0.3) is 11.0 Å². The zero-order chi connectivity index (χ0) is 15.6. The first-order chi connectivity index (χ1) is 9.93. The number of carbonyl (C=O) groups is 1. The largest absolute Gasteiger partial charge is 0.464 e. The lowest BCUT2D eigenvalue weighted by Gasteiger charge is -2.16. The number of rotatable bonds is 5. The maximum atomic E-state index is 12.3. The maximum Gasteiger partial charge on any atom is 0.331 e. The van der Waals surface area contributed by atoms with Crippen LogP contribution in [0.4, 0.5) is 0 Å². The van der Waals surface area contributed by atoms with E-state index < -0.39 is 6.04 Å². The molecule has 0 saturated heterocycles. The van der Waals surface area contributed by atoms with E-state index in [1.807, 2.05) is 46.8 Å². The number of ether oxygens (including phenoxy) is 1. The lowest BCUT2D eigenvalue weighted by molar-refractivity contribution is -0.149. The van der Waals surface area contributed by atoms with Crippen molar-refractivity contribution >= 4 is 17.0 Å². The molecule has 0 aliphatic carbocycles. The summed E-state index contributed by atoms with van der Waals surface area (Å²) in [5.74, 6) is 0.0834. The molecule has 21 heavy (non-hydrogen) atoms. The third kappa shape index (κ3) is 3.23. The lowest BCUT2D eigenvalue weighted by Crippen LogP contribution is -2.24. The molecule has 1 aromatic carbocycles. The summed E-state index contributed by atoms with van der Waals surface area (Å²) in [7, 11) is 0. The molecule has 2 aromatic rings. The van der Waals surface area contributed by atoms with Gasteiger partial charge in [-0.15, -0.1) is 5.10 Å². The summed E-state index contributed by atoms with van der Waals surface area (Å²) in [4.78, 5) is 12.3. The van der Waals surface area contributed by atoms with E-state index in [0.717, 1.165) is 16.6 Å². The first kappa shape index (κ1) is 15.5. The van der Waals surface area contributed by atoms with Gasteiger partial charge in [-0.05, 0) is 49.4 Å². The van der Waals surface area contributed by atoms with Crippen molar-refractivity contribution in [3.8, 4) is 0 Å². The van der Waals surface area contributed by atoms with E-state index in [1.54, 1.807) is 4.68 Å². The Labute approximate surface area is 125 Å². The number of nitrogens with zero attached hydrogens (tertiary/aromatic N) is 3. The number of aryl methyl sites for hydroxylation is 2. The topological polar surface area (TPSA) is 57.0 Å². The van der Waals surface area contributed by atoms with Crippen LogP contribution >= 0.6 is 0 Å². The van der Waals surface area contributed by atoms with Gasteiger partial charge in [-0.2, -0.15) is 0 Å². The minimum atomic E-state index is -0.421. The van der Waals surface area contributed by atoms with Gasteiger partial charge in [-0.1, -0.05) is 26.0 Å². The van der Waals surface area contributed by atoms with E-state index in [1.165, 1.54) is 5.56 Å². The molecule has 0 aliphatic heterocycles. The molecule has 1 aromatic heterocycles. The molecule has 2 rings (SSSR count). The zero-order valence-corrected chi connectivity index (χ0v) is 13.4. The van der Waals surface area contributed by atoms with Gasteiger partial charge in [-0.3, -0.25) is 0 Å². The highest BCUT2D eigenvalue weighted by molar-refractivity contribution is 5.80. The van der Waals surface area contributed by atoms with Crippen molar-refractivity contribution in [3.63, 3.8) is 0 Å². The van der Waals surface area contributed by atoms with E-state index in [4.69, 9.17) is 4.74 Å². The Bertz CT molecular complexity index is 646. The molecule has 0 radical (unpaired) electrons. The van der Waals surface area contributed by atoms with Gasteiger partial charge in [0, 0.05) is 0 Å². The minimum Gasteiger partial charge on any atom is -0.464 e. The van der Waals surface area contributed by atoms with Crippen LogP contribution in [-0.4, -0.2) is 27.6 Å². The standard InChI is InChI=1S/C16H23N3O2/c1-6-14(16(20)21-9-10(2)3)19-15-8-12(5)11(4)7-13(15)17-18-19/h7-8,10,14H,6,9H2,1-5H3. The second-order valence-electron chi connectivity index (χ2n) is 5.91. The van der Waals surface area contributed by atoms with Crippen molar-refractivity contribution in [1.29, 1.82) is 0 Å². The number of hydrogen-bond donors (Lipinski definition) is 0. The van der Waals surface area contributed by atoms with Crippen LogP contribution in [0.15, 0.2) is 12.1 Å². The predicted octanol–water partition coefficient (Wildman–Crippen LogP) is 3.20. The van der Waals surface area contributed by atoms with E-state index in [2.05, 4.69) is 10.3 Å². The highest BCUT2D eigenvalue weighted by Crippen LogP contribution is 2.22. The smallest absolute Gasteiger partial charge is 0.331 e. The molecule has 0 N–H and O–H groups in total. The molecule has 0 amide bonds. The van der Waals surface area contributed by atoms with Crippen molar-refractivity contribution in [2.24, 2.45) is 5.92 Å². The second-order valence-corrected chi connectivity index (χ2v) is 5.91. The molecule has 1 unspecified atom stereocenters. The molecule has 5 nitrogen and oxygen atoms in total. The molecule has 0 aliphatic rings. The SMILES string of the molecule is CCC(C(=O)OCC(C)C)n1nnc2cc(C)c(C)cc21. The van der Waals surface area contributed by atoms with E-state index in [0.29, 0.717) is 18.9 Å². The summed E-state index contributed by atoms with van der Waals surface area (Å²) < 4.78 is 7.04. The van der Waals surface area contributed by atoms with E-state index >= 15 is 0 Å². The monoisotopic (exact) mass is 289 g/mol. The summed E-state index contributed by atoms with van der Waals surface area (Å²) in [5, 5.41) is 8.33. The molecule has 5 heteroatoms. The molecular weight excluding hydrogens is 266 g/mol. The Hall–Kier alpha value is -1.91. The first-order valence-electron chi connectivity index (χ1n) is 7.42. The molecule has 0 spiro atoms. The Morgan fingerprint density at radius 3 is 2.57 bits per heavy atom. The van der Waals surface area contributed by atoms with Crippen molar-refractivity contribution in [1.82, 2.24) is 15.0 Å². The highest BCUT2D eigenvalue weighted by Gasteiger charge is 2.23. The second kappa shape index (κ2) is 6.24. The molecule has 114 valence electrons. The number of aromatic nitrogens is 3. The predicted molar refractivity (Wildman–Crippen MR) is 82.1 cm³/mol. The van der Waals surface area contributed by atoms with Gasteiger partial charge < -0.3 is 4.74 Å². The van der Waals surface area contributed by atoms with Gasteiger partial charge in [0.05, 0.1) is 12.1 Å². The van der Waals surface area contributed by atoms with Crippen LogP contribution in [-0.2, 0) is 9.53 Å². The molecule has 1 atom stereocenters. The first-order valence-corrected chi connectivity index (χ1v) is 7.42. The molecule has 0 fully saturated rings. The fourth-order valence-corrected chi connectivity index (χ4v) is 2.21. The van der Waals surface area contributed by atoms with Crippen LogP contribution in [0, 0.1) is 19.8 Å². The molecule has 0 saturated carbocycles. The molecule has 0 bridgehead atoms. The van der Waals surface area contributed by atoms with Crippen LogP contribution in [0.1, 0.15) is 44.4 Å². The zero-order valence-electron chi connectivity index (χ0n) is 13.4. The van der Waals surface area contributed by atoms with Gasteiger partial charge in [-0.25, -0.2) is 9.48 Å². The van der Waals surface area contributed by atoms with Crippen molar-refractivity contribution in [2.45, 2.75) is 47.1 Å². The highest BCUT2D eigenvalue weighted by atomic mass is 16.5. The summed E-state index contributed by atoms with van der Waals surface area (Å²) >= 11 is 0. The number of hydrogen-bond acceptors (Lipinski definition) is 4. The van der Waals surface area contributed by atoms with Gasteiger partial charge in [0.15, 0.2) is 6.04 Å². The van der Waals surface area contributed by atoms with Crippen LogP contribution in [0.3, 0.4) is 0 Å². The number of carbonyl (C=O) groups excluding carboxylic acids is 1. The van der Waals surface area contributed by atoms with Crippen molar-refractivity contribution < 1.29 is 9.53 Å². The lowest BCUT2D eigenvalue weighted by atomic mass is 10.1. The third-order valence-corrected chi connectivity index (χ3v) is 3.60. The van der Waals surface area contributed by atoms with Gasteiger partial charge in [0.25, 0.3) is 0 Å². The fourth-order valence-electron chi connectivity index (χ4n) is 2.21. The van der Waals surface area contributed by atoms with Crippen molar-refractivity contribution in [2.75, 3.05) is 6.61 Å².